The van der Waals surface area contributed by atoms with E-state index in [4.69, 9.17) is 0 Å². The quantitative estimate of drug-likeness (QED) is 0.627. The van der Waals surface area contributed by atoms with Gasteiger partial charge >= 0.3 is 0 Å². The summed E-state index contributed by atoms with van der Waals surface area (Å²) in [7, 11) is 0. The Morgan fingerprint density at radius 2 is 1.73 bits per heavy atom. The van der Waals surface area contributed by atoms with Crippen molar-refractivity contribution in [1.29, 1.82) is 0 Å². The SMILES string of the molecule is CCC(NC(=O)C1CC1[N+](=O)[O-])C12CC3CC(CC(C3)C1)C2. The van der Waals surface area contributed by atoms with E-state index >= 15 is 0 Å². The molecule has 3 atom stereocenters. The van der Waals surface area contributed by atoms with Crippen molar-refractivity contribution >= 4 is 5.91 Å². The minimum Gasteiger partial charge on any atom is -0.352 e. The highest BCUT2D eigenvalue weighted by atomic mass is 16.6. The molecule has 0 aromatic rings. The fraction of sp³-hybridized carbons (Fsp3) is 0.941. The zero-order chi connectivity index (χ0) is 15.5. The number of hydrogen-bond acceptors (Lipinski definition) is 3. The molecule has 5 aliphatic carbocycles. The van der Waals surface area contributed by atoms with E-state index in [-0.39, 0.29) is 28.2 Å². The van der Waals surface area contributed by atoms with Crippen LogP contribution in [0, 0.1) is 39.2 Å². The second kappa shape index (κ2) is 4.93. The van der Waals surface area contributed by atoms with E-state index in [9.17, 15) is 14.9 Å². The summed E-state index contributed by atoms with van der Waals surface area (Å²) in [5.41, 5.74) is 0.290. The summed E-state index contributed by atoms with van der Waals surface area (Å²) in [6.45, 7) is 2.15. The van der Waals surface area contributed by atoms with Gasteiger partial charge in [-0.3, -0.25) is 14.9 Å². The number of carbonyl (C=O) groups excluding carboxylic acids is 1. The summed E-state index contributed by atoms with van der Waals surface area (Å²) in [4.78, 5) is 22.9. The van der Waals surface area contributed by atoms with Gasteiger partial charge in [-0.1, -0.05) is 6.92 Å². The number of nitrogens with zero attached hydrogens (tertiary/aromatic N) is 1. The van der Waals surface area contributed by atoms with E-state index in [1.165, 1.54) is 38.5 Å². The molecule has 5 nitrogen and oxygen atoms in total. The fourth-order valence-corrected chi connectivity index (χ4v) is 6.27. The van der Waals surface area contributed by atoms with Crippen LogP contribution in [0.4, 0.5) is 0 Å². The molecule has 5 rings (SSSR count). The number of nitro groups is 1. The average Bonchev–Trinajstić information content (AvgIpc) is 3.23. The molecule has 0 aliphatic heterocycles. The highest BCUT2D eigenvalue weighted by Crippen LogP contribution is 2.61. The molecule has 0 aromatic heterocycles. The molecule has 0 radical (unpaired) electrons. The Balaban J connectivity index is 1.46. The van der Waals surface area contributed by atoms with Gasteiger partial charge in [0.05, 0.1) is 0 Å². The molecule has 5 fully saturated rings. The van der Waals surface area contributed by atoms with E-state index in [1.807, 2.05) is 0 Å². The molecule has 0 spiro atoms. The van der Waals surface area contributed by atoms with E-state index < -0.39 is 6.04 Å². The van der Waals surface area contributed by atoms with Crippen molar-refractivity contribution in [2.24, 2.45) is 29.1 Å². The molecule has 1 amide bonds. The third-order valence-corrected chi connectivity index (χ3v) is 6.91. The first-order valence-corrected chi connectivity index (χ1v) is 8.94. The van der Waals surface area contributed by atoms with Crippen LogP contribution in [0.15, 0.2) is 0 Å². The van der Waals surface area contributed by atoms with Crippen LogP contribution in [0.25, 0.3) is 0 Å². The molecule has 0 heterocycles. The number of hydrogen-bond donors (Lipinski definition) is 1. The Hall–Kier alpha value is -1.13. The van der Waals surface area contributed by atoms with Crippen LogP contribution in [0.5, 0.6) is 0 Å². The number of carbonyl (C=O) groups is 1. The highest BCUT2D eigenvalue weighted by Gasteiger charge is 2.57. The fourth-order valence-electron chi connectivity index (χ4n) is 6.27. The Labute approximate surface area is 131 Å². The van der Waals surface area contributed by atoms with Crippen molar-refractivity contribution in [1.82, 2.24) is 5.32 Å². The van der Waals surface area contributed by atoms with Crippen molar-refractivity contribution in [3.63, 3.8) is 0 Å². The third-order valence-electron chi connectivity index (χ3n) is 6.91. The van der Waals surface area contributed by atoms with Gasteiger partial charge in [-0.2, -0.15) is 0 Å². The second-order valence-electron chi connectivity index (χ2n) is 8.44. The average molecular weight is 306 g/mol. The molecule has 4 bridgehead atoms. The Morgan fingerprint density at radius 3 is 2.14 bits per heavy atom. The zero-order valence-corrected chi connectivity index (χ0v) is 13.3. The summed E-state index contributed by atoms with van der Waals surface area (Å²) < 4.78 is 0. The van der Waals surface area contributed by atoms with Crippen LogP contribution in [-0.4, -0.2) is 22.9 Å². The molecule has 5 saturated carbocycles. The summed E-state index contributed by atoms with van der Waals surface area (Å²) in [6.07, 6.45) is 9.37. The lowest BCUT2D eigenvalue weighted by Gasteiger charge is -2.59. The van der Waals surface area contributed by atoms with Crippen LogP contribution in [0.2, 0.25) is 0 Å². The van der Waals surface area contributed by atoms with Crippen molar-refractivity contribution in [2.75, 3.05) is 0 Å². The molecule has 22 heavy (non-hydrogen) atoms. The minimum atomic E-state index is -0.631. The van der Waals surface area contributed by atoms with Gasteiger partial charge in [0.15, 0.2) is 0 Å². The summed E-state index contributed by atoms with van der Waals surface area (Å²) >= 11 is 0. The highest BCUT2D eigenvalue weighted by molar-refractivity contribution is 5.82. The number of rotatable bonds is 5. The maximum absolute atomic E-state index is 12.4. The molecular formula is C17H26N2O3. The second-order valence-corrected chi connectivity index (χ2v) is 8.44. The first-order chi connectivity index (χ1) is 10.5. The van der Waals surface area contributed by atoms with Crippen LogP contribution < -0.4 is 5.32 Å². The number of nitrogens with one attached hydrogen (secondary N) is 1. The Morgan fingerprint density at radius 1 is 1.18 bits per heavy atom. The van der Waals surface area contributed by atoms with Crippen molar-refractivity contribution in [3.8, 4) is 0 Å². The molecule has 0 saturated heterocycles. The predicted molar refractivity (Wildman–Crippen MR) is 81.7 cm³/mol. The largest absolute Gasteiger partial charge is 0.352 e. The topological polar surface area (TPSA) is 72.2 Å². The van der Waals surface area contributed by atoms with Gasteiger partial charge in [0.1, 0.15) is 5.92 Å². The smallest absolute Gasteiger partial charge is 0.230 e. The van der Waals surface area contributed by atoms with E-state index in [1.54, 1.807) is 0 Å². The lowest BCUT2D eigenvalue weighted by molar-refractivity contribution is -0.497. The molecule has 3 unspecified atom stereocenters. The Kier molecular flexibility index (Phi) is 3.24. The monoisotopic (exact) mass is 306 g/mol. The third kappa shape index (κ3) is 2.24. The lowest BCUT2D eigenvalue weighted by Crippen LogP contribution is -2.57. The van der Waals surface area contributed by atoms with E-state index in [2.05, 4.69) is 12.2 Å². The van der Waals surface area contributed by atoms with Crippen molar-refractivity contribution in [2.45, 2.75) is 70.4 Å². The van der Waals surface area contributed by atoms with E-state index in [0.29, 0.717) is 6.42 Å². The zero-order valence-electron chi connectivity index (χ0n) is 13.3. The molecular weight excluding hydrogens is 280 g/mol. The molecule has 0 aromatic carbocycles. The lowest BCUT2D eigenvalue weighted by atomic mass is 9.47. The van der Waals surface area contributed by atoms with Gasteiger partial charge in [-0.05, 0) is 68.1 Å². The van der Waals surface area contributed by atoms with Gasteiger partial charge in [0.2, 0.25) is 11.9 Å². The molecule has 122 valence electrons. The molecule has 5 aliphatic rings. The maximum atomic E-state index is 12.4. The van der Waals surface area contributed by atoms with E-state index in [0.717, 1.165) is 24.2 Å². The summed E-state index contributed by atoms with van der Waals surface area (Å²) in [5, 5.41) is 14.0. The molecule has 5 heteroatoms. The number of amides is 1. The van der Waals surface area contributed by atoms with Crippen LogP contribution in [-0.2, 0) is 4.79 Å². The van der Waals surface area contributed by atoms with Crippen molar-refractivity contribution < 1.29 is 9.72 Å². The van der Waals surface area contributed by atoms with Crippen LogP contribution in [0.1, 0.15) is 58.3 Å². The van der Waals surface area contributed by atoms with Gasteiger partial charge in [0.25, 0.3) is 0 Å². The summed E-state index contributed by atoms with van der Waals surface area (Å²) in [5.74, 6) is 2.15. The minimum absolute atomic E-state index is 0.0655. The predicted octanol–water partition coefficient (Wildman–Crippen LogP) is 2.76. The summed E-state index contributed by atoms with van der Waals surface area (Å²) in [6, 6.07) is -0.407. The maximum Gasteiger partial charge on any atom is 0.230 e. The first kappa shape index (κ1) is 14.5. The Bertz CT molecular complexity index is 469. The van der Waals surface area contributed by atoms with Gasteiger partial charge in [-0.25, -0.2) is 0 Å². The molecule has 1 N–H and O–H groups in total. The van der Waals surface area contributed by atoms with Gasteiger partial charge in [-0.15, -0.1) is 0 Å². The standard InChI is InChI=1S/C17H26N2O3/c1-2-15(18-16(20)13-6-14(13)19(21)22)17-7-10-3-11(8-17)5-12(4-10)9-17/h10-15H,2-9H2,1H3,(H,18,20). The van der Waals surface area contributed by atoms with Crippen LogP contribution in [0.3, 0.4) is 0 Å². The first-order valence-electron chi connectivity index (χ1n) is 8.94. The van der Waals surface area contributed by atoms with Gasteiger partial charge < -0.3 is 5.32 Å². The van der Waals surface area contributed by atoms with Crippen LogP contribution >= 0.6 is 0 Å². The van der Waals surface area contributed by atoms with Gasteiger partial charge in [0, 0.05) is 17.4 Å². The van der Waals surface area contributed by atoms with Crippen molar-refractivity contribution in [3.05, 3.63) is 10.1 Å². The normalized spacial score (nSPS) is 46.3.